The van der Waals surface area contributed by atoms with Gasteiger partial charge in [0.2, 0.25) is 0 Å². The first kappa shape index (κ1) is 19.4. The van der Waals surface area contributed by atoms with Crippen molar-refractivity contribution >= 4 is 26.9 Å². The van der Waals surface area contributed by atoms with Crippen molar-refractivity contribution in [1.29, 1.82) is 0 Å². The average Bonchev–Trinajstić information content (AvgIpc) is 2.90. The summed E-state index contributed by atoms with van der Waals surface area (Å²) in [6, 6.07) is 0. The Labute approximate surface area is 149 Å². The molecule has 25 heavy (non-hydrogen) atoms. The van der Waals surface area contributed by atoms with Crippen molar-refractivity contribution < 1.29 is 23.8 Å². The summed E-state index contributed by atoms with van der Waals surface area (Å²) in [6.07, 6.45) is -0.364. The van der Waals surface area contributed by atoms with E-state index in [9.17, 15) is 19.2 Å². The molecule has 1 aliphatic rings. The average molecular weight is 419 g/mol. The summed E-state index contributed by atoms with van der Waals surface area (Å²) in [5, 5.41) is 0.583. The Morgan fingerprint density at radius 3 is 2.68 bits per heavy atom. The van der Waals surface area contributed by atoms with Gasteiger partial charge in [0.05, 0.1) is 0 Å². The topological polar surface area (TPSA) is 117 Å². The van der Waals surface area contributed by atoms with E-state index in [1.807, 2.05) is 5.82 Å². The second kappa shape index (κ2) is 8.46. The number of nitrogens with zero attached hydrogens (tertiary/aromatic N) is 1. The van der Waals surface area contributed by atoms with Gasteiger partial charge in [-0.25, -0.2) is 0 Å². The fraction of sp³-hybridized carbons (Fsp3) is 0.600. The third kappa shape index (κ3) is 5.04. The summed E-state index contributed by atoms with van der Waals surface area (Å²) in [6.45, 7) is 2.44. The molecule has 138 valence electrons. The molecule has 3 atom stereocenters. The van der Waals surface area contributed by atoms with Gasteiger partial charge in [-0.2, -0.15) is 0 Å². The number of esters is 2. The molecule has 0 radical (unpaired) electrons. The number of aromatic nitrogens is 2. The van der Waals surface area contributed by atoms with Crippen molar-refractivity contribution in [3.8, 4) is 0 Å². The van der Waals surface area contributed by atoms with Gasteiger partial charge < -0.3 is 0 Å². The minimum absolute atomic E-state index is 0.0905. The molecule has 0 spiro atoms. The van der Waals surface area contributed by atoms with Gasteiger partial charge in [0.1, 0.15) is 0 Å². The summed E-state index contributed by atoms with van der Waals surface area (Å²) in [4.78, 5) is 48.5. The van der Waals surface area contributed by atoms with Crippen LogP contribution in [-0.2, 0) is 29.1 Å². The van der Waals surface area contributed by atoms with Crippen LogP contribution in [0.4, 0.5) is 0 Å². The van der Waals surface area contributed by atoms with Crippen molar-refractivity contribution in [1.82, 2.24) is 9.55 Å². The molecule has 0 bridgehead atoms. The normalized spacial score (nSPS) is 22.6. The van der Waals surface area contributed by atoms with Crippen molar-refractivity contribution in [3.63, 3.8) is 0 Å². The molecule has 0 unspecified atom stereocenters. The second-order valence-corrected chi connectivity index (χ2v) is 7.39. The molecule has 2 heterocycles. The van der Waals surface area contributed by atoms with E-state index in [-0.39, 0.29) is 28.0 Å². The molecule has 2 rings (SSSR count). The van der Waals surface area contributed by atoms with Gasteiger partial charge in [0, 0.05) is 0 Å². The summed E-state index contributed by atoms with van der Waals surface area (Å²) in [5.74, 6) is 1.01. The molecule has 1 aliphatic heterocycles. The zero-order valence-corrected chi connectivity index (χ0v) is 15.9. The van der Waals surface area contributed by atoms with Gasteiger partial charge in [-0.3, -0.25) is 0 Å². The van der Waals surface area contributed by atoms with Crippen LogP contribution in [0, 0.1) is 0 Å². The van der Waals surface area contributed by atoms with Crippen LogP contribution in [0.1, 0.15) is 32.1 Å². The molecule has 0 aliphatic carbocycles. The van der Waals surface area contributed by atoms with Crippen LogP contribution >= 0.6 is 0 Å². The van der Waals surface area contributed by atoms with Crippen LogP contribution in [0.3, 0.4) is 0 Å². The van der Waals surface area contributed by atoms with Crippen LogP contribution in [0.2, 0.25) is 5.82 Å². The first-order valence-electron chi connectivity index (χ1n) is 7.61. The van der Waals surface area contributed by atoms with Crippen molar-refractivity contribution in [2.75, 3.05) is 6.61 Å². The molecule has 0 saturated carbocycles. The van der Waals surface area contributed by atoms with Crippen LogP contribution in [0.5, 0.6) is 0 Å². The predicted octanol–water partition coefficient (Wildman–Crippen LogP) is -0.429. The number of hydrogen-bond acceptors (Lipinski definition) is 7. The van der Waals surface area contributed by atoms with Crippen LogP contribution in [0.15, 0.2) is 15.8 Å². The fourth-order valence-electron chi connectivity index (χ4n) is 2.56. The van der Waals surface area contributed by atoms with Gasteiger partial charge >= 0.3 is 149 Å². The van der Waals surface area contributed by atoms with E-state index in [0.717, 1.165) is 0 Å². The van der Waals surface area contributed by atoms with Crippen LogP contribution in [-0.4, -0.2) is 55.3 Å². The molecule has 1 aromatic rings. The summed E-state index contributed by atoms with van der Waals surface area (Å²) in [7, 11) is 0. The molecule has 10 heteroatoms. The summed E-state index contributed by atoms with van der Waals surface area (Å²) < 4.78 is 17.2. The number of H-pyrrole nitrogens is 1. The van der Waals surface area contributed by atoms with E-state index < -0.39 is 41.6 Å². The van der Waals surface area contributed by atoms with E-state index in [0.29, 0.717) is 10.9 Å². The molecule has 1 fully saturated rings. The number of aromatic amines is 1. The first-order chi connectivity index (χ1) is 11.8. The number of carbonyl (C=O) groups excluding carboxylic acids is 2. The van der Waals surface area contributed by atoms with E-state index in [1.54, 1.807) is 0 Å². The number of rotatable bonds is 6. The maximum atomic E-state index is 12.1. The zero-order valence-electron chi connectivity index (χ0n) is 14.1. The van der Waals surface area contributed by atoms with Crippen LogP contribution < -0.4 is 11.2 Å². The Morgan fingerprint density at radius 1 is 1.36 bits per heavy atom. The molecule has 9 nitrogen and oxygen atoms in total. The molecular weight excluding hydrogens is 399 g/mol. The quantitative estimate of drug-likeness (QED) is 0.491. The molecular formula is C15H20N2O7Se. The Bertz CT molecular complexity index is 757. The Hall–Kier alpha value is -1.90. The van der Waals surface area contributed by atoms with E-state index >= 15 is 0 Å². The zero-order chi connectivity index (χ0) is 18.6. The summed E-state index contributed by atoms with van der Waals surface area (Å²) in [5.41, 5.74) is -0.508. The Morgan fingerprint density at radius 2 is 2.08 bits per heavy atom. The molecule has 1 N–H and O–H groups in total. The van der Waals surface area contributed by atoms with Gasteiger partial charge in [-0.15, -0.1) is 0 Å². The summed E-state index contributed by atoms with van der Waals surface area (Å²) >= 11 is 0.226. The number of ether oxygens (including phenoxy) is 3. The number of nitrogens with one attached hydrogen (secondary N) is 1. The molecule has 1 aromatic heterocycles. The second-order valence-electron chi connectivity index (χ2n) is 5.57. The minimum atomic E-state index is -0.725. The van der Waals surface area contributed by atoms with Gasteiger partial charge in [-0.1, -0.05) is 0 Å². The third-order valence-electron chi connectivity index (χ3n) is 3.60. The first-order valence-corrected chi connectivity index (χ1v) is 10.5. The van der Waals surface area contributed by atoms with E-state index in [2.05, 4.69) is 4.98 Å². The molecule has 0 amide bonds. The Balaban J connectivity index is 2.26. The van der Waals surface area contributed by atoms with Crippen LogP contribution in [0.25, 0.3) is 0 Å². The van der Waals surface area contributed by atoms with Gasteiger partial charge in [-0.05, 0) is 0 Å². The predicted molar refractivity (Wildman–Crippen MR) is 87.4 cm³/mol. The van der Waals surface area contributed by atoms with Crippen molar-refractivity contribution in [2.45, 2.75) is 49.8 Å². The molecule has 0 aromatic carbocycles. The maximum absolute atomic E-state index is 12.1. The monoisotopic (exact) mass is 420 g/mol. The van der Waals surface area contributed by atoms with Crippen molar-refractivity contribution in [2.24, 2.45) is 0 Å². The third-order valence-corrected chi connectivity index (χ3v) is 4.86. The Kier molecular flexibility index (Phi) is 6.57. The number of hydrogen-bond donors (Lipinski definition) is 1. The van der Waals surface area contributed by atoms with Gasteiger partial charge in [0.15, 0.2) is 0 Å². The van der Waals surface area contributed by atoms with Gasteiger partial charge in [0.25, 0.3) is 0 Å². The number of carbonyl (C=O) groups is 2. The fourth-order valence-corrected chi connectivity index (χ4v) is 3.64. The SMILES string of the molecule is C[Se]Cc1cn([C@H]2C[C@H](OC(C)=O)[C@@H](COC(C)=O)O2)c(=O)[nH]c1=O. The van der Waals surface area contributed by atoms with Crippen molar-refractivity contribution in [3.05, 3.63) is 32.6 Å². The standard InChI is InChI=1S/C15H20N2O7Se/c1-8(18)22-6-12-11(23-9(2)19)4-13(24-12)17-5-10(7-25-3)14(20)16-15(17)21/h5,11-13H,4,6-7H2,1-3H3,(H,16,20,21)/t11-,12+,13+/m0/s1. The molecule has 1 saturated heterocycles. The van der Waals surface area contributed by atoms with E-state index in [4.69, 9.17) is 14.2 Å². The van der Waals surface area contributed by atoms with E-state index in [1.165, 1.54) is 24.6 Å².